The lowest BCUT2D eigenvalue weighted by Crippen LogP contribution is -2.14. The average Bonchev–Trinajstić information content (AvgIpc) is 2.49. The smallest absolute Gasteiger partial charge is 0.264 e. The van der Waals surface area contributed by atoms with Gasteiger partial charge in [0, 0.05) is 12.7 Å². The van der Waals surface area contributed by atoms with Crippen molar-refractivity contribution < 1.29 is 13.2 Å². The Balaban J connectivity index is 2.16. The summed E-state index contributed by atoms with van der Waals surface area (Å²) >= 11 is 0. The van der Waals surface area contributed by atoms with Crippen LogP contribution in [-0.4, -0.2) is 32.0 Å². The van der Waals surface area contributed by atoms with Crippen molar-refractivity contribution in [1.29, 1.82) is 0 Å². The van der Waals surface area contributed by atoms with Gasteiger partial charge in [-0.1, -0.05) is 0 Å². The molecule has 112 valence electrons. The molecule has 0 bridgehead atoms. The van der Waals surface area contributed by atoms with E-state index in [0.29, 0.717) is 24.0 Å². The molecule has 2 aromatic rings. The van der Waals surface area contributed by atoms with Gasteiger partial charge in [-0.2, -0.15) is 0 Å². The van der Waals surface area contributed by atoms with Crippen LogP contribution in [0.2, 0.25) is 0 Å². The molecule has 0 atom stereocenters. The summed E-state index contributed by atoms with van der Waals surface area (Å²) < 4.78 is 32.1. The SMILES string of the molecule is CCOc1ccc(NS(=O)(=O)c2cnc(NC)nc2)cc1. The topological polar surface area (TPSA) is 93.2 Å². The van der Waals surface area contributed by atoms with Crippen LogP contribution >= 0.6 is 0 Å². The first-order valence-corrected chi connectivity index (χ1v) is 7.79. The van der Waals surface area contributed by atoms with Crippen molar-refractivity contribution in [3.8, 4) is 5.75 Å². The van der Waals surface area contributed by atoms with Crippen LogP contribution in [0.3, 0.4) is 0 Å². The second-order valence-electron chi connectivity index (χ2n) is 4.06. The Morgan fingerprint density at radius 2 is 1.76 bits per heavy atom. The van der Waals surface area contributed by atoms with Gasteiger partial charge < -0.3 is 10.1 Å². The first-order valence-electron chi connectivity index (χ1n) is 6.30. The quantitative estimate of drug-likeness (QED) is 0.844. The molecule has 0 fully saturated rings. The van der Waals surface area contributed by atoms with Crippen LogP contribution in [0.1, 0.15) is 6.92 Å². The minimum atomic E-state index is -3.71. The lowest BCUT2D eigenvalue weighted by atomic mass is 10.3. The molecule has 0 unspecified atom stereocenters. The predicted molar refractivity (Wildman–Crippen MR) is 80.0 cm³/mol. The zero-order valence-electron chi connectivity index (χ0n) is 11.7. The summed E-state index contributed by atoms with van der Waals surface area (Å²) in [6.07, 6.45) is 2.49. The molecule has 0 aliphatic carbocycles. The summed E-state index contributed by atoms with van der Waals surface area (Å²) in [6, 6.07) is 6.65. The highest BCUT2D eigenvalue weighted by Crippen LogP contribution is 2.19. The normalized spacial score (nSPS) is 11.0. The zero-order chi connectivity index (χ0) is 15.3. The van der Waals surface area contributed by atoms with E-state index in [1.54, 1.807) is 31.3 Å². The van der Waals surface area contributed by atoms with Gasteiger partial charge in [0.25, 0.3) is 10.0 Å². The minimum Gasteiger partial charge on any atom is -0.494 e. The van der Waals surface area contributed by atoms with Crippen molar-refractivity contribution in [3.63, 3.8) is 0 Å². The number of nitrogens with zero attached hydrogens (tertiary/aromatic N) is 2. The van der Waals surface area contributed by atoms with Gasteiger partial charge in [0.2, 0.25) is 5.95 Å². The summed E-state index contributed by atoms with van der Waals surface area (Å²) in [5, 5.41) is 2.72. The molecule has 1 heterocycles. The molecule has 0 aliphatic heterocycles. The fourth-order valence-electron chi connectivity index (χ4n) is 1.58. The van der Waals surface area contributed by atoms with Gasteiger partial charge in [0.15, 0.2) is 0 Å². The van der Waals surface area contributed by atoms with E-state index in [9.17, 15) is 8.42 Å². The summed E-state index contributed by atoms with van der Waals surface area (Å²) in [7, 11) is -2.05. The number of hydrogen-bond acceptors (Lipinski definition) is 6. The Morgan fingerprint density at radius 1 is 1.14 bits per heavy atom. The van der Waals surface area contributed by atoms with E-state index < -0.39 is 10.0 Å². The van der Waals surface area contributed by atoms with Gasteiger partial charge in [-0.15, -0.1) is 0 Å². The third-order valence-electron chi connectivity index (χ3n) is 2.58. The van der Waals surface area contributed by atoms with Gasteiger partial charge in [-0.25, -0.2) is 18.4 Å². The highest BCUT2D eigenvalue weighted by atomic mass is 32.2. The molecule has 0 saturated carbocycles. The van der Waals surface area contributed by atoms with Crippen molar-refractivity contribution in [2.45, 2.75) is 11.8 Å². The van der Waals surface area contributed by atoms with E-state index >= 15 is 0 Å². The Morgan fingerprint density at radius 3 is 2.29 bits per heavy atom. The number of sulfonamides is 1. The van der Waals surface area contributed by atoms with Crippen LogP contribution in [0.25, 0.3) is 0 Å². The van der Waals surface area contributed by atoms with Gasteiger partial charge in [-0.05, 0) is 31.2 Å². The fourth-order valence-corrected chi connectivity index (χ4v) is 2.53. The molecule has 1 aromatic heterocycles. The standard InChI is InChI=1S/C13H16N4O3S/c1-3-20-11-6-4-10(5-7-11)17-21(18,19)12-8-15-13(14-2)16-9-12/h4-9,17H,3H2,1-2H3,(H,14,15,16). The molecule has 2 rings (SSSR count). The second kappa shape index (κ2) is 6.40. The molecule has 0 radical (unpaired) electrons. The number of hydrogen-bond donors (Lipinski definition) is 2. The molecule has 0 amide bonds. The van der Waals surface area contributed by atoms with E-state index in [0.717, 1.165) is 0 Å². The number of anilines is 2. The van der Waals surface area contributed by atoms with Crippen LogP contribution < -0.4 is 14.8 Å². The lowest BCUT2D eigenvalue weighted by molar-refractivity contribution is 0.340. The average molecular weight is 308 g/mol. The fraction of sp³-hybridized carbons (Fsp3) is 0.231. The Labute approximate surface area is 123 Å². The van der Waals surface area contributed by atoms with Crippen LogP contribution in [-0.2, 0) is 10.0 Å². The molecule has 0 aliphatic rings. The van der Waals surface area contributed by atoms with Gasteiger partial charge in [-0.3, -0.25) is 4.72 Å². The second-order valence-corrected chi connectivity index (χ2v) is 5.74. The van der Waals surface area contributed by atoms with Crippen LogP contribution in [0.4, 0.5) is 11.6 Å². The molecule has 1 aromatic carbocycles. The summed E-state index contributed by atoms with van der Waals surface area (Å²) in [6.45, 7) is 2.44. The molecular formula is C13H16N4O3S. The Bertz CT molecular complexity index is 684. The van der Waals surface area contributed by atoms with Gasteiger partial charge >= 0.3 is 0 Å². The maximum atomic E-state index is 12.2. The van der Waals surface area contributed by atoms with Crippen LogP contribution in [0.15, 0.2) is 41.6 Å². The molecule has 2 N–H and O–H groups in total. The third-order valence-corrected chi connectivity index (χ3v) is 3.92. The van der Waals surface area contributed by atoms with Crippen LogP contribution in [0.5, 0.6) is 5.75 Å². The molecule has 7 nitrogen and oxygen atoms in total. The molecule has 0 saturated heterocycles. The van der Waals surface area contributed by atoms with Crippen molar-refractivity contribution >= 4 is 21.7 Å². The monoisotopic (exact) mass is 308 g/mol. The number of ether oxygens (including phenoxy) is 1. The Kier molecular flexibility index (Phi) is 4.59. The Hall–Kier alpha value is -2.35. The van der Waals surface area contributed by atoms with Gasteiger partial charge in [0.05, 0.1) is 19.0 Å². The van der Waals surface area contributed by atoms with E-state index in [-0.39, 0.29) is 4.90 Å². The van der Waals surface area contributed by atoms with Crippen molar-refractivity contribution in [2.75, 3.05) is 23.7 Å². The summed E-state index contributed by atoms with van der Waals surface area (Å²) in [4.78, 5) is 7.76. The van der Waals surface area contributed by atoms with E-state index in [1.807, 2.05) is 6.92 Å². The maximum absolute atomic E-state index is 12.2. The van der Waals surface area contributed by atoms with Crippen molar-refractivity contribution in [3.05, 3.63) is 36.7 Å². The molecule has 8 heteroatoms. The molecule has 0 spiro atoms. The first-order chi connectivity index (χ1) is 10.0. The lowest BCUT2D eigenvalue weighted by Gasteiger charge is -2.09. The van der Waals surface area contributed by atoms with Crippen molar-refractivity contribution in [1.82, 2.24) is 9.97 Å². The predicted octanol–water partition coefficient (Wildman–Crippen LogP) is 1.72. The number of nitrogens with one attached hydrogen (secondary N) is 2. The maximum Gasteiger partial charge on any atom is 0.264 e. The first kappa shape index (κ1) is 15.0. The highest BCUT2D eigenvalue weighted by molar-refractivity contribution is 7.92. The molecule has 21 heavy (non-hydrogen) atoms. The van der Waals surface area contributed by atoms with Gasteiger partial charge in [0.1, 0.15) is 10.6 Å². The van der Waals surface area contributed by atoms with E-state index in [2.05, 4.69) is 20.0 Å². The number of rotatable bonds is 6. The summed E-state index contributed by atoms with van der Waals surface area (Å²) in [5.74, 6) is 1.04. The van der Waals surface area contributed by atoms with Crippen LogP contribution in [0, 0.1) is 0 Å². The largest absolute Gasteiger partial charge is 0.494 e. The van der Waals surface area contributed by atoms with Crippen molar-refractivity contribution in [2.24, 2.45) is 0 Å². The number of benzene rings is 1. The van der Waals surface area contributed by atoms with E-state index in [4.69, 9.17) is 4.74 Å². The summed E-state index contributed by atoms with van der Waals surface area (Å²) in [5.41, 5.74) is 0.441. The van der Waals surface area contributed by atoms with E-state index in [1.165, 1.54) is 12.4 Å². The highest BCUT2D eigenvalue weighted by Gasteiger charge is 2.15. The molecular weight excluding hydrogens is 292 g/mol. The number of aromatic nitrogens is 2. The third kappa shape index (κ3) is 3.82. The minimum absolute atomic E-state index is 0.00427. The zero-order valence-corrected chi connectivity index (χ0v) is 12.5.